The topological polar surface area (TPSA) is 78.1 Å². The fourth-order valence-corrected chi connectivity index (χ4v) is 4.09. The summed E-state index contributed by atoms with van der Waals surface area (Å²) in [7, 11) is 3.44. The van der Waals surface area contributed by atoms with Gasteiger partial charge in [-0.15, -0.1) is 0 Å². The molecule has 1 unspecified atom stereocenters. The number of fused-ring (bicyclic) bond motifs is 1. The Morgan fingerprint density at radius 2 is 1.97 bits per heavy atom. The van der Waals surface area contributed by atoms with Gasteiger partial charge in [-0.05, 0) is 19.1 Å². The van der Waals surface area contributed by atoms with Gasteiger partial charge in [0.1, 0.15) is 29.4 Å². The summed E-state index contributed by atoms with van der Waals surface area (Å²) in [6.45, 7) is 3.25. The van der Waals surface area contributed by atoms with E-state index in [-0.39, 0.29) is 28.3 Å². The Morgan fingerprint density at radius 3 is 2.70 bits per heavy atom. The van der Waals surface area contributed by atoms with Crippen LogP contribution >= 0.6 is 0 Å². The number of halogens is 2. The van der Waals surface area contributed by atoms with Gasteiger partial charge in [-0.1, -0.05) is 0 Å². The monoisotopic (exact) mass is 452 g/mol. The zero-order valence-electron chi connectivity index (χ0n) is 18.4. The van der Waals surface area contributed by atoms with Gasteiger partial charge in [0.15, 0.2) is 0 Å². The van der Waals surface area contributed by atoms with Crippen LogP contribution in [0.5, 0.6) is 0 Å². The van der Waals surface area contributed by atoms with Crippen LogP contribution in [0.15, 0.2) is 41.5 Å². The van der Waals surface area contributed by atoms with Gasteiger partial charge in [0.25, 0.3) is 5.56 Å². The summed E-state index contributed by atoms with van der Waals surface area (Å²) >= 11 is 0. The van der Waals surface area contributed by atoms with Crippen molar-refractivity contribution in [1.82, 2.24) is 24.3 Å². The molecule has 1 atom stereocenters. The normalized spacial score (nSPS) is 16.5. The summed E-state index contributed by atoms with van der Waals surface area (Å²) < 4.78 is 37.4. The van der Waals surface area contributed by atoms with Crippen molar-refractivity contribution in [2.45, 2.75) is 13.0 Å². The third-order valence-electron chi connectivity index (χ3n) is 5.94. The molecule has 1 aromatic carbocycles. The van der Waals surface area contributed by atoms with Gasteiger partial charge in [0, 0.05) is 56.6 Å². The minimum atomic E-state index is -0.793. The predicted octanol–water partition coefficient (Wildman–Crippen LogP) is 2.89. The molecule has 4 heterocycles. The molecule has 3 aromatic heterocycles. The van der Waals surface area contributed by atoms with E-state index in [1.807, 2.05) is 18.1 Å². The summed E-state index contributed by atoms with van der Waals surface area (Å²) in [5.74, 6) is -0.436. The number of pyridine rings is 1. The fraction of sp³-hybridized carbons (Fsp3) is 0.304. The maximum atomic E-state index is 14.8. The number of benzene rings is 1. The van der Waals surface area contributed by atoms with Crippen LogP contribution < -0.4 is 10.5 Å². The van der Waals surface area contributed by atoms with Crippen LogP contribution in [0, 0.1) is 18.6 Å². The molecule has 1 aliphatic heterocycles. The van der Waals surface area contributed by atoms with Crippen LogP contribution in [0.25, 0.3) is 22.2 Å². The van der Waals surface area contributed by atoms with Crippen molar-refractivity contribution in [2.24, 2.45) is 14.1 Å². The highest BCUT2D eigenvalue weighted by Gasteiger charge is 2.26. The molecule has 0 saturated carbocycles. The molecular weight excluding hydrogens is 430 g/mol. The second-order valence-electron chi connectivity index (χ2n) is 8.12. The third-order valence-corrected chi connectivity index (χ3v) is 5.94. The number of anilines is 1. The standard InChI is InChI=1S/C23H22F2N6O2/c1-13-27-18-9-20(31-6-7-33-19(12-31)14-10-26-29(2)11-14)28-22(21(18)23(32)30(13)3)16-5-4-15(24)8-17(16)25/h4-5,8-11,19H,6-7,12H2,1-3H3. The average molecular weight is 452 g/mol. The highest BCUT2D eigenvalue weighted by Crippen LogP contribution is 2.32. The van der Waals surface area contributed by atoms with E-state index in [1.54, 1.807) is 30.9 Å². The molecule has 0 radical (unpaired) electrons. The molecule has 170 valence electrons. The minimum Gasteiger partial charge on any atom is -0.370 e. The van der Waals surface area contributed by atoms with E-state index >= 15 is 0 Å². The van der Waals surface area contributed by atoms with Crippen molar-refractivity contribution in [3.63, 3.8) is 0 Å². The number of nitrogens with zero attached hydrogens (tertiary/aromatic N) is 6. The largest absolute Gasteiger partial charge is 0.370 e. The highest BCUT2D eigenvalue weighted by molar-refractivity contribution is 5.93. The highest BCUT2D eigenvalue weighted by atomic mass is 19.1. The van der Waals surface area contributed by atoms with Crippen LogP contribution in [0.3, 0.4) is 0 Å². The lowest BCUT2D eigenvalue weighted by molar-refractivity contribution is 0.0395. The number of rotatable bonds is 3. The van der Waals surface area contributed by atoms with E-state index < -0.39 is 11.6 Å². The Labute approximate surface area is 188 Å². The Hall–Kier alpha value is -3.66. The minimum absolute atomic E-state index is 0.0445. The fourth-order valence-electron chi connectivity index (χ4n) is 4.09. The van der Waals surface area contributed by atoms with Crippen molar-refractivity contribution in [3.8, 4) is 11.3 Å². The molecule has 1 fully saturated rings. The second kappa shape index (κ2) is 8.04. The molecular formula is C23H22F2N6O2. The van der Waals surface area contributed by atoms with Crippen molar-refractivity contribution < 1.29 is 13.5 Å². The first-order valence-electron chi connectivity index (χ1n) is 10.5. The molecule has 4 aromatic rings. The lowest BCUT2D eigenvalue weighted by Gasteiger charge is -2.33. The Balaban J connectivity index is 1.67. The third kappa shape index (κ3) is 3.76. The van der Waals surface area contributed by atoms with Crippen LogP contribution in [0.2, 0.25) is 0 Å². The zero-order valence-corrected chi connectivity index (χ0v) is 18.4. The second-order valence-corrected chi connectivity index (χ2v) is 8.12. The molecule has 0 amide bonds. The van der Waals surface area contributed by atoms with Gasteiger partial charge in [0.05, 0.1) is 29.4 Å². The number of aryl methyl sites for hydroxylation is 2. The van der Waals surface area contributed by atoms with Gasteiger partial charge in [0.2, 0.25) is 0 Å². The molecule has 0 N–H and O–H groups in total. The molecule has 10 heteroatoms. The number of hydrogen-bond acceptors (Lipinski definition) is 6. The molecule has 0 aliphatic carbocycles. The van der Waals surface area contributed by atoms with Crippen molar-refractivity contribution in [1.29, 1.82) is 0 Å². The van der Waals surface area contributed by atoms with Gasteiger partial charge in [-0.2, -0.15) is 5.10 Å². The van der Waals surface area contributed by atoms with E-state index in [9.17, 15) is 13.6 Å². The van der Waals surface area contributed by atoms with E-state index in [0.29, 0.717) is 36.9 Å². The first-order valence-corrected chi connectivity index (χ1v) is 10.5. The van der Waals surface area contributed by atoms with Crippen LogP contribution in [0.1, 0.15) is 17.5 Å². The van der Waals surface area contributed by atoms with Crippen molar-refractivity contribution in [3.05, 3.63) is 70.0 Å². The Bertz CT molecular complexity index is 1430. The first kappa shape index (κ1) is 21.2. The zero-order chi connectivity index (χ0) is 23.3. The Kier molecular flexibility index (Phi) is 5.16. The number of morpholine rings is 1. The van der Waals surface area contributed by atoms with E-state index in [1.165, 1.54) is 10.6 Å². The summed E-state index contributed by atoms with van der Waals surface area (Å²) in [6.07, 6.45) is 3.44. The molecule has 5 rings (SSSR count). The van der Waals surface area contributed by atoms with Crippen molar-refractivity contribution >= 4 is 16.7 Å². The molecule has 33 heavy (non-hydrogen) atoms. The predicted molar refractivity (Wildman–Crippen MR) is 119 cm³/mol. The summed E-state index contributed by atoms with van der Waals surface area (Å²) in [6, 6.07) is 4.97. The average Bonchev–Trinajstić information content (AvgIpc) is 3.23. The summed E-state index contributed by atoms with van der Waals surface area (Å²) in [5.41, 5.74) is 1.19. The molecule has 8 nitrogen and oxygen atoms in total. The summed E-state index contributed by atoms with van der Waals surface area (Å²) in [5, 5.41) is 4.40. The van der Waals surface area contributed by atoms with E-state index in [0.717, 1.165) is 17.7 Å². The summed E-state index contributed by atoms with van der Waals surface area (Å²) in [4.78, 5) is 24.4. The van der Waals surface area contributed by atoms with Crippen molar-refractivity contribution in [2.75, 3.05) is 24.6 Å². The lowest BCUT2D eigenvalue weighted by atomic mass is 10.1. The lowest BCUT2D eigenvalue weighted by Crippen LogP contribution is -2.39. The van der Waals surface area contributed by atoms with E-state index in [2.05, 4.69) is 15.1 Å². The van der Waals surface area contributed by atoms with Crippen LogP contribution in [0.4, 0.5) is 14.6 Å². The molecule has 0 bridgehead atoms. The molecule has 1 saturated heterocycles. The number of aromatic nitrogens is 5. The van der Waals surface area contributed by atoms with Gasteiger partial charge in [-0.25, -0.2) is 18.7 Å². The van der Waals surface area contributed by atoms with E-state index in [4.69, 9.17) is 4.74 Å². The molecule has 1 aliphatic rings. The molecule has 0 spiro atoms. The number of hydrogen-bond donors (Lipinski definition) is 0. The SMILES string of the molecule is Cc1nc2cc(N3CCOC(c4cnn(C)c4)C3)nc(-c3ccc(F)cc3F)c2c(=O)n1C. The van der Waals surface area contributed by atoms with Crippen LogP contribution in [-0.2, 0) is 18.8 Å². The van der Waals surface area contributed by atoms with Gasteiger partial charge in [-0.3, -0.25) is 14.0 Å². The number of ether oxygens (including phenoxy) is 1. The van der Waals surface area contributed by atoms with Gasteiger partial charge < -0.3 is 9.64 Å². The van der Waals surface area contributed by atoms with Gasteiger partial charge >= 0.3 is 0 Å². The maximum absolute atomic E-state index is 14.8. The first-order chi connectivity index (χ1) is 15.8. The quantitative estimate of drug-likeness (QED) is 0.476. The van der Waals surface area contributed by atoms with Crippen LogP contribution in [-0.4, -0.2) is 44.0 Å². The Morgan fingerprint density at radius 1 is 1.15 bits per heavy atom. The smallest absolute Gasteiger partial charge is 0.263 e. The maximum Gasteiger partial charge on any atom is 0.263 e.